The number of hydrogen-bond donors (Lipinski definition) is 0. The van der Waals surface area contributed by atoms with E-state index in [4.69, 9.17) is 18.9 Å². The zero-order valence-electron chi connectivity index (χ0n) is 22.0. The Morgan fingerprint density at radius 3 is 2.41 bits per heavy atom. The predicted molar refractivity (Wildman–Crippen MR) is 131 cm³/mol. The third kappa shape index (κ3) is 7.34. The van der Waals surface area contributed by atoms with Crippen LogP contribution in [0, 0.1) is 12.8 Å². The van der Waals surface area contributed by atoms with Crippen LogP contribution in [0.3, 0.4) is 0 Å². The van der Waals surface area contributed by atoms with Crippen molar-refractivity contribution in [3.8, 4) is 11.5 Å². The summed E-state index contributed by atoms with van der Waals surface area (Å²) >= 11 is 0. The molecule has 1 aliphatic heterocycles. The van der Waals surface area contributed by atoms with E-state index in [-0.39, 0.29) is 36.6 Å². The number of unbranched alkanes of at least 4 members (excludes halogenated alkanes) is 1. The van der Waals surface area contributed by atoms with Crippen molar-refractivity contribution in [3.05, 3.63) is 33.9 Å². The average molecular weight is 477 g/mol. The number of carbonyl (C=O) groups excluding carboxylic acids is 3. The van der Waals surface area contributed by atoms with E-state index in [1.807, 2.05) is 40.7 Å². The van der Waals surface area contributed by atoms with Crippen LogP contribution in [0.1, 0.15) is 93.8 Å². The minimum atomic E-state index is -0.498. The lowest BCUT2D eigenvalue weighted by molar-refractivity contribution is -0.140. The maximum absolute atomic E-state index is 12.8. The van der Waals surface area contributed by atoms with Gasteiger partial charge in [0.25, 0.3) is 0 Å². The molecule has 1 heterocycles. The highest BCUT2D eigenvalue weighted by Crippen LogP contribution is 2.43. The van der Waals surface area contributed by atoms with E-state index in [0.717, 1.165) is 24.0 Å². The summed E-state index contributed by atoms with van der Waals surface area (Å²) in [5, 5.41) is 0. The maximum Gasteiger partial charge on any atom is 0.342 e. The Balaban J connectivity index is 0.00000281. The lowest BCUT2D eigenvalue weighted by Crippen LogP contribution is -2.20. The molecule has 7 heteroatoms. The monoisotopic (exact) mass is 476 g/mol. The third-order valence-corrected chi connectivity index (χ3v) is 5.83. The summed E-state index contributed by atoms with van der Waals surface area (Å²) in [6.45, 7) is 11.8. The van der Waals surface area contributed by atoms with Gasteiger partial charge in [-0.2, -0.15) is 0 Å². The Morgan fingerprint density at radius 2 is 1.82 bits per heavy atom. The molecular weight excluding hydrogens is 436 g/mol. The van der Waals surface area contributed by atoms with Crippen LogP contribution in [0.25, 0.3) is 0 Å². The standard InChI is InChI=1S/C25H34O7.C2H6/c1-7-8-9-16(3)24(27)32-23-18(12-10-15(2)11-13-20(26)29-5)22(30-6)17(4)19-14-31-25(28)21(19)23;1-2/h10,16H,7-9,11-14H2,1-6H3;1-2H3/b15-10+;. The lowest BCUT2D eigenvalue weighted by Gasteiger charge is -2.20. The molecule has 1 aromatic rings. The number of esters is 3. The second-order valence-corrected chi connectivity index (χ2v) is 8.19. The summed E-state index contributed by atoms with van der Waals surface area (Å²) in [5.74, 6) is -0.651. The molecule has 1 atom stereocenters. The second kappa shape index (κ2) is 14.4. The minimum Gasteiger partial charge on any atom is -0.496 e. The van der Waals surface area contributed by atoms with Crippen molar-refractivity contribution in [1.82, 2.24) is 0 Å². The van der Waals surface area contributed by atoms with Gasteiger partial charge in [0.1, 0.15) is 17.9 Å². The molecule has 0 aromatic heterocycles. The number of allylic oxidation sites excluding steroid dienone is 2. The Hall–Kier alpha value is -2.83. The van der Waals surface area contributed by atoms with Gasteiger partial charge in [0, 0.05) is 17.5 Å². The third-order valence-electron chi connectivity index (χ3n) is 5.83. The van der Waals surface area contributed by atoms with E-state index in [9.17, 15) is 14.4 Å². The number of hydrogen-bond acceptors (Lipinski definition) is 7. The van der Waals surface area contributed by atoms with Crippen LogP contribution in [-0.4, -0.2) is 32.1 Å². The number of cyclic esters (lactones) is 1. The van der Waals surface area contributed by atoms with Crippen LogP contribution in [0.4, 0.5) is 0 Å². The van der Waals surface area contributed by atoms with E-state index in [2.05, 4.69) is 6.92 Å². The van der Waals surface area contributed by atoms with Gasteiger partial charge < -0.3 is 18.9 Å². The predicted octanol–water partition coefficient (Wildman–Crippen LogP) is 5.87. The fourth-order valence-corrected chi connectivity index (χ4v) is 3.73. The van der Waals surface area contributed by atoms with Crippen molar-refractivity contribution in [2.75, 3.05) is 14.2 Å². The molecule has 0 N–H and O–H groups in total. The van der Waals surface area contributed by atoms with Gasteiger partial charge >= 0.3 is 17.9 Å². The summed E-state index contributed by atoms with van der Waals surface area (Å²) in [6, 6.07) is 0. The van der Waals surface area contributed by atoms with Crippen LogP contribution >= 0.6 is 0 Å². The van der Waals surface area contributed by atoms with Crippen LogP contribution < -0.4 is 9.47 Å². The van der Waals surface area contributed by atoms with Gasteiger partial charge in [0.05, 0.1) is 20.1 Å². The maximum atomic E-state index is 12.8. The molecule has 1 unspecified atom stereocenters. The SMILES string of the molecule is CC.CCCCC(C)C(=O)Oc1c(C/C=C(\C)CCC(=O)OC)c(OC)c(C)c2c1C(=O)OC2. The highest BCUT2D eigenvalue weighted by atomic mass is 16.6. The van der Waals surface area contributed by atoms with Gasteiger partial charge in [0.15, 0.2) is 5.75 Å². The van der Waals surface area contributed by atoms with Gasteiger partial charge in [-0.3, -0.25) is 9.59 Å². The summed E-state index contributed by atoms with van der Waals surface area (Å²) in [7, 11) is 2.92. The topological polar surface area (TPSA) is 88.1 Å². The molecule has 1 aromatic carbocycles. The first-order chi connectivity index (χ1) is 16.2. The van der Waals surface area contributed by atoms with Crippen LogP contribution in [0.2, 0.25) is 0 Å². The van der Waals surface area contributed by atoms with Crippen molar-refractivity contribution in [2.24, 2.45) is 5.92 Å². The van der Waals surface area contributed by atoms with Crippen molar-refractivity contribution < 1.29 is 33.3 Å². The summed E-state index contributed by atoms with van der Waals surface area (Å²) in [6.07, 6.45) is 5.77. The fourth-order valence-electron chi connectivity index (χ4n) is 3.73. The first-order valence-electron chi connectivity index (χ1n) is 12.1. The number of rotatable bonds is 11. The highest BCUT2D eigenvalue weighted by Gasteiger charge is 2.34. The fraction of sp³-hybridized carbons (Fsp3) is 0.593. The zero-order valence-corrected chi connectivity index (χ0v) is 22.0. The molecule has 1 aliphatic rings. The molecule has 0 spiro atoms. The Bertz CT molecular complexity index is 899. The van der Waals surface area contributed by atoms with Gasteiger partial charge in [0.2, 0.25) is 0 Å². The molecule has 34 heavy (non-hydrogen) atoms. The second-order valence-electron chi connectivity index (χ2n) is 8.19. The smallest absolute Gasteiger partial charge is 0.342 e. The summed E-state index contributed by atoms with van der Waals surface area (Å²) in [4.78, 5) is 36.8. The molecule has 0 radical (unpaired) electrons. The van der Waals surface area contributed by atoms with Gasteiger partial charge in [-0.1, -0.05) is 52.2 Å². The summed E-state index contributed by atoms with van der Waals surface area (Å²) in [5.41, 5.74) is 3.38. The quantitative estimate of drug-likeness (QED) is 0.224. The number of benzene rings is 1. The highest BCUT2D eigenvalue weighted by molar-refractivity contribution is 5.99. The van der Waals surface area contributed by atoms with E-state index in [1.165, 1.54) is 7.11 Å². The first-order valence-corrected chi connectivity index (χ1v) is 12.1. The van der Waals surface area contributed by atoms with Crippen molar-refractivity contribution in [3.63, 3.8) is 0 Å². The first kappa shape index (κ1) is 29.2. The van der Waals surface area contributed by atoms with Crippen LogP contribution in [0.5, 0.6) is 11.5 Å². The van der Waals surface area contributed by atoms with Crippen LogP contribution in [-0.2, 0) is 32.1 Å². The molecule has 190 valence electrons. The molecule has 0 bridgehead atoms. The Morgan fingerprint density at radius 1 is 1.15 bits per heavy atom. The zero-order chi connectivity index (χ0) is 25.8. The largest absolute Gasteiger partial charge is 0.496 e. The minimum absolute atomic E-state index is 0.126. The number of ether oxygens (including phenoxy) is 4. The normalized spacial score (nSPS) is 13.3. The molecule has 0 saturated heterocycles. The lowest BCUT2D eigenvalue weighted by atomic mass is 9.94. The molecule has 0 fully saturated rings. The number of fused-ring (bicyclic) bond motifs is 1. The van der Waals surface area contributed by atoms with E-state index < -0.39 is 5.97 Å². The van der Waals surface area contributed by atoms with Crippen molar-refractivity contribution in [2.45, 2.75) is 86.7 Å². The van der Waals surface area contributed by atoms with E-state index >= 15 is 0 Å². The molecule has 2 rings (SSSR count). The molecular formula is C27H40O7. The van der Waals surface area contributed by atoms with Crippen LogP contribution in [0.15, 0.2) is 11.6 Å². The molecule has 0 saturated carbocycles. The number of carbonyl (C=O) groups is 3. The van der Waals surface area contributed by atoms with Gasteiger partial charge in [-0.25, -0.2) is 4.79 Å². The van der Waals surface area contributed by atoms with Crippen molar-refractivity contribution >= 4 is 17.9 Å². The molecule has 7 nitrogen and oxygen atoms in total. The van der Waals surface area contributed by atoms with Gasteiger partial charge in [-0.05, 0) is 38.7 Å². The average Bonchev–Trinajstić information content (AvgIpc) is 3.24. The van der Waals surface area contributed by atoms with Gasteiger partial charge in [-0.15, -0.1) is 0 Å². The molecule has 0 amide bonds. The van der Waals surface area contributed by atoms with Crippen molar-refractivity contribution in [1.29, 1.82) is 0 Å². The van der Waals surface area contributed by atoms with E-state index in [1.54, 1.807) is 7.11 Å². The Labute approximate surface area is 203 Å². The summed E-state index contributed by atoms with van der Waals surface area (Å²) < 4.78 is 21.5. The Kier molecular flexibility index (Phi) is 12.4. The number of methoxy groups -OCH3 is 2. The molecule has 0 aliphatic carbocycles. The van der Waals surface area contributed by atoms with E-state index in [0.29, 0.717) is 41.7 Å².